The van der Waals surface area contributed by atoms with Crippen molar-refractivity contribution in [1.82, 2.24) is 9.55 Å². The van der Waals surface area contributed by atoms with Crippen molar-refractivity contribution in [2.24, 2.45) is 0 Å². The Morgan fingerprint density at radius 1 is 0.909 bits per heavy atom. The molecule has 0 N–H and O–H groups in total. The van der Waals surface area contributed by atoms with Gasteiger partial charge in [0.1, 0.15) is 23.1 Å². The van der Waals surface area contributed by atoms with E-state index in [4.69, 9.17) is 9.72 Å². The second-order valence-electron chi connectivity index (χ2n) is 7.62. The highest BCUT2D eigenvalue weighted by atomic mass is 19.4. The summed E-state index contributed by atoms with van der Waals surface area (Å²) in [6.45, 7) is 2.12. The van der Waals surface area contributed by atoms with Crippen LogP contribution in [-0.4, -0.2) is 9.55 Å². The average Bonchev–Trinajstić information content (AvgIpc) is 3.23. The molecule has 4 rings (SSSR count). The van der Waals surface area contributed by atoms with Crippen LogP contribution in [0.25, 0.3) is 16.9 Å². The monoisotopic (exact) mass is 454 g/mol. The van der Waals surface area contributed by atoms with Gasteiger partial charge in [0.15, 0.2) is 0 Å². The lowest BCUT2D eigenvalue weighted by molar-refractivity contribution is -0.140. The second-order valence-corrected chi connectivity index (χ2v) is 7.62. The van der Waals surface area contributed by atoms with E-state index in [1.54, 1.807) is 12.1 Å². The van der Waals surface area contributed by atoms with Crippen LogP contribution < -0.4 is 4.74 Å². The van der Waals surface area contributed by atoms with Gasteiger partial charge >= 0.3 is 6.18 Å². The molecule has 4 aromatic rings. The van der Waals surface area contributed by atoms with Crippen molar-refractivity contribution in [3.8, 4) is 28.4 Å². The Morgan fingerprint density at radius 2 is 1.61 bits per heavy atom. The van der Waals surface area contributed by atoms with Gasteiger partial charge in [0.25, 0.3) is 0 Å². The number of hydrogen-bond donors (Lipinski definition) is 0. The molecule has 0 fully saturated rings. The third-order valence-electron chi connectivity index (χ3n) is 5.20. The maximum Gasteiger partial charge on any atom is 0.419 e. The molecule has 0 unspecified atom stereocenters. The van der Waals surface area contributed by atoms with E-state index in [-0.39, 0.29) is 5.75 Å². The van der Waals surface area contributed by atoms with Gasteiger partial charge in [-0.2, -0.15) is 13.2 Å². The fourth-order valence-electron chi connectivity index (χ4n) is 3.50. The lowest BCUT2D eigenvalue weighted by atomic mass is 10.2. The van der Waals surface area contributed by atoms with Crippen LogP contribution in [0, 0.1) is 5.82 Å². The van der Waals surface area contributed by atoms with Gasteiger partial charge in [0.05, 0.1) is 11.3 Å². The standard InChI is InChI=1S/C26H22F4N2O/c1-2-3-9-25-31-24(18-7-5-4-6-8-18)17-32(25)19-10-12-20(13-11-19)33-21-14-15-23(27)22(16-21)26(28,29)30/h4-8,10-17H,2-3,9H2,1H3. The number of unbranched alkanes of at least 4 members (excludes halogenated alkanes) is 1. The zero-order valence-electron chi connectivity index (χ0n) is 17.9. The van der Waals surface area contributed by atoms with Crippen LogP contribution in [0.4, 0.5) is 17.6 Å². The molecule has 0 radical (unpaired) electrons. The van der Waals surface area contributed by atoms with Gasteiger partial charge < -0.3 is 9.30 Å². The molecule has 0 amide bonds. The van der Waals surface area contributed by atoms with Crippen molar-refractivity contribution >= 4 is 0 Å². The van der Waals surface area contributed by atoms with Crippen LogP contribution in [0.2, 0.25) is 0 Å². The molecule has 0 spiro atoms. The molecule has 7 heteroatoms. The molecule has 0 saturated carbocycles. The van der Waals surface area contributed by atoms with E-state index in [0.29, 0.717) is 11.8 Å². The number of aromatic nitrogens is 2. The van der Waals surface area contributed by atoms with Crippen LogP contribution in [0.3, 0.4) is 0 Å². The Balaban J connectivity index is 1.60. The quantitative estimate of drug-likeness (QED) is 0.266. The summed E-state index contributed by atoms with van der Waals surface area (Å²) < 4.78 is 59.9. The van der Waals surface area contributed by atoms with Crippen molar-refractivity contribution in [2.45, 2.75) is 32.4 Å². The first kappa shape index (κ1) is 22.6. The van der Waals surface area contributed by atoms with Crippen molar-refractivity contribution in [3.63, 3.8) is 0 Å². The van der Waals surface area contributed by atoms with Crippen LogP contribution in [0.5, 0.6) is 11.5 Å². The minimum atomic E-state index is -4.79. The first-order valence-electron chi connectivity index (χ1n) is 10.6. The van der Waals surface area contributed by atoms with E-state index in [2.05, 4.69) is 6.92 Å². The third-order valence-corrected chi connectivity index (χ3v) is 5.20. The first-order chi connectivity index (χ1) is 15.8. The Labute approximate surface area is 189 Å². The number of nitrogens with zero attached hydrogens (tertiary/aromatic N) is 2. The zero-order valence-corrected chi connectivity index (χ0v) is 17.9. The number of ether oxygens (including phenoxy) is 1. The molecular weight excluding hydrogens is 432 g/mol. The van der Waals surface area contributed by atoms with Gasteiger partial charge in [0.2, 0.25) is 0 Å². The summed E-state index contributed by atoms with van der Waals surface area (Å²) in [5, 5.41) is 0. The fourth-order valence-corrected chi connectivity index (χ4v) is 3.50. The first-order valence-corrected chi connectivity index (χ1v) is 10.6. The number of halogens is 4. The molecule has 0 aliphatic heterocycles. The van der Waals surface area contributed by atoms with Gasteiger partial charge in [-0.1, -0.05) is 43.7 Å². The van der Waals surface area contributed by atoms with E-state index in [0.717, 1.165) is 48.1 Å². The van der Waals surface area contributed by atoms with Crippen LogP contribution in [0.1, 0.15) is 31.2 Å². The molecule has 1 aromatic heterocycles. The number of benzene rings is 3. The van der Waals surface area contributed by atoms with Gasteiger partial charge in [-0.05, 0) is 48.9 Å². The number of imidazole rings is 1. The highest BCUT2D eigenvalue weighted by Gasteiger charge is 2.34. The van der Waals surface area contributed by atoms with E-state index >= 15 is 0 Å². The summed E-state index contributed by atoms with van der Waals surface area (Å²) in [7, 11) is 0. The number of hydrogen-bond acceptors (Lipinski definition) is 2. The number of alkyl halides is 3. The molecule has 1 heterocycles. The Bertz CT molecular complexity index is 1220. The van der Waals surface area contributed by atoms with E-state index in [9.17, 15) is 17.6 Å². The molecule has 170 valence electrons. The summed E-state index contributed by atoms with van der Waals surface area (Å²) in [6, 6.07) is 19.4. The smallest absolute Gasteiger partial charge is 0.419 e. The van der Waals surface area contributed by atoms with Crippen molar-refractivity contribution < 1.29 is 22.3 Å². The van der Waals surface area contributed by atoms with E-state index < -0.39 is 17.6 Å². The Morgan fingerprint density at radius 3 is 2.27 bits per heavy atom. The average molecular weight is 454 g/mol. The normalized spacial score (nSPS) is 11.5. The molecule has 3 nitrogen and oxygen atoms in total. The molecule has 0 bridgehead atoms. The number of rotatable bonds is 7. The molecule has 33 heavy (non-hydrogen) atoms. The minimum absolute atomic E-state index is 0.0888. The third kappa shape index (κ3) is 5.25. The Hall–Kier alpha value is -3.61. The molecular formula is C26H22F4N2O. The maximum absolute atomic E-state index is 13.5. The molecule has 0 saturated heterocycles. The van der Waals surface area contributed by atoms with Crippen LogP contribution in [-0.2, 0) is 12.6 Å². The van der Waals surface area contributed by atoms with Crippen molar-refractivity contribution in [2.75, 3.05) is 0 Å². The SMILES string of the molecule is CCCCc1nc(-c2ccccc2)cn1-c1ccc(Oc2ccc(F)c(C(F)(F)F)c2)cc1. The van der Waals surface area contributed by atoms with E-state index in [1.165, 1.54) is 6.07 Å². The summed E-state index contributed by atoms with van der Waals surface area (Å²) >= 11 is 0. The topological polar surface area (TPSA) is 27.1 Å². The van der Waals surface area contributed by atoms with Gasteiger partial charge in [0, 0.05) is 23.9 Å². The van der Waals surface area contributed by atoms with Gasteiger partial charge in [-0.3, -0.25) is 0 Å². The predicted octanol–water partition coefficient (Wildman–Crippen LogP) is 7.83. The highest BCUT2D eigenvalue weighted by molar-refractivity contribution is 5.59. The molecule has 0 aliphatic carbocycles. The maximum atomic E-state index is 13.5. The zero-order chi connectivity index (χ0) is 23.4. The summed E-state index contributed by atoms with van der Waals surface area (Å²) in [4.78, 5) is 4.82. The summed E-state index contributed by atoms with van der Waals surface area (Å²) in [5.74, 6) is -0.150. The summed E-state index contributed by atoms with van der Waals surface area (Å²) in [6.07, 6.45) is 0.0413. The Kier molecular flexibility index (Phi) is 6.49. The minimum Gasteiger partial charge on any atom is -0.457 e. The lowest BCUT2D eigenvalue weighted by Crippen LogP contribution is -2.08. The number of aryl methyl sites for hydroxylation is 1. The van der Waals surface area contributed by atoms with E-state index in [1.807, 2.05) is 53.2 Å². The molecule has 3 aromatic carbocycles. The predicted molar refractivity (Wildman–Crippen MR) is 119 cm³/mol. The molecule has 0 atom stereocenters. The highest BCUT2D eigenvalue weighted by Crippen LogP contribution is 2.35. The van der Waals surface area contributed by atoms with Gasteiger partial charge in [-0.15, -0.1) is 0 Å². The van der Waals surface area contributed by atoms with Crippen molar-refractivity contribution in [1.29, 1.82) is 0 Å². The fraction of sp³-hybridized carbons (Fsp3) is 0.192. The summed E-state index contributed by atoms with van der Waals surface area (Å²) in [5.41, 5.74) is 1.39. The van der Waals surface area contributed by atoms with Crippen LogP contribution in [0.15, 0.2) is 79.0 Å². The van der Waals surface area contributed by atoms with Gasteiger partial charge in [-0.25, -0.2) is 9.37 Å². The largest absolute Gasteiger partial charge is 0.457 e. The lowest BCUT2D eigenvalue weighted by Gasteiger charge is -2.12. The molecule has 0 aliphatic rings. The second kappa shape index (κ2) is 9.48. The van der Waals surface area contributed by atoms with Crippen molar-refractivity contribution in [3.05, 3.63) is 96.2 Å². The van der Waals surface area contributed by atoms with Crippen LogP contribution >= 0.6 is 0 Å².